The summed E-state index contributed by atoms with van der Waals surface area (Å²) in [6.07, 6.45) is 4.67. The first-order chi connectivity index (χ1) is 21.0. The molecule has 0 saturated carbocycles. The fraction of sp³-hybridized carbons (Fsp3) is 0.226. The van der Waals surface area contributed by atoms with E-state index in [0.717, 1.165) is 11.6 Å². The molecule has 2 aromatic carbocycles. The predicted molar refractivity (Wildman–Crippen MR) is 166 cm³/mol. The minimum absolute atomic E-state index is 0.0260. The van der Waals surface area contributed by atoms with Crippen molar-refractivity contribution in [3.05, 3.63) is 90.0 Å². The second-order valence-electron chi connectivity index (χ2n) is 9.84. The molecule has 44 heavy (non-hydrogen) atoms. The molecule has 2 aromatic heterocycles. The first-order valence-electron chi connectivity index (χ1n) is 13.7. The standard InChI is InChI=1S/C31H32FN5O6S/c1-4-42-29(38)9-6-14-44(3,41)37-30(39)21-16-27(34-19-21)28-18-24(12-13-33-28)43-23-10-11-26(25(32)17-23)36-31(40)35-22-8-5-7-20(2)15-22/h5,7-8,10-13,15-19,34H,4,6,9,14H2,1-3H3,(H2,35,36,40). The number of pyridine rings is 1. The van der Waals surface area contributed by atoms with Gasteiger partial charge in [-0.05, 0) is 62.2 Å². The maximum absolute atomic E-state index is 14.8. The Bertz CT molecular complexity index is 1800. The molecule has 0 spiro atoms. The fourth-order valence-electron chi connectivity index (χ4n) is 4.08. The molecule has 1 atom stereocenters. The molecule has 4 aromatic rings. The summed E-state index contributed by atoms with van der Waals surface area (Å²) in [5, 5.41) is 5.13. The first-order valence-corrected chi connectivity index (χ1v) is 15.8. The van der Waals surface area contributed by atoms with Crippen LogP contribution >= 0.6 is 0 Å². The van der Waals surface area contributed by atoms with Gasteiger partial charge in [-0.2, -0.15) is 4.36 Å². The van der Waals surface area contributed by atoms with Crippen molar-refractivity contribution in [3.8, 4) is 22.9 Å². The number of carbonyl (C=O) groups excluding carboxylic acids is 3. The van der Waals surface area contributed by atoms with Gasteiger partial charge in [0.25, 0.3) is 5.91 Å². The maximum Gasteiger partial charge on any atom is 0.323 e. The van der Waals surface area contributed by atoms with Crippen molar-refractivity contribution in [1.29, 1.82) is 0 Å². The Hall–Kier alpha value is -5.04. The summed E-state index contributed by atoms with van der Waals surface area (Å²) in [5.41, 5.74) is 2.62. The van der Waals surface area contributed by atoms with E-state index in [1.807, 2.05) is 13.0 Å². The van der Waals surface area contributed by atoms with Gasteiger partial charge in [-0.1, -0.05) is 12.1 Å². The molecule has 0 bridgehead atoms. The lowest BCUT2D eigenvalue weighted by Gasteiger charge is -2.11. The lowest BCUT2D eigenvalue weighted by atomic mass is 10.2. The van der Waals surface area contributed by atoms with Crippen LogP contribution in [-0.2, 0) is 19.3 Å². The van der Waals surface area contributed by atoms with Crippen LogP contribution in [-0.4, -0.2) is 50.7 Å². The lowest BCUT2D eigenvalue weighted by molar-refractivity contribution is -0.143. The number of anilines is 2. The van der Waals surface area contributed by atoms with Crippen molar-refractivity contribution >= 4 is 39.0 Å². The monoisotopic (exact) mass is 621 g/mol. The summed E-state index contributed by atoms with van der Waals surface area (Å²) >= 11 is 0. The Morgan fingerprint density at radius 1 is 1.05 bits per heavy atom. The molecule has 3 N–H and O–H groups in total. The van der Waals surface area contributed by atoms with Crippen LogP contribution in [0.3, 0.4) is 0 Å². The van der Waals surface area contributed by atoms with Gasteiger partial charge in [0.05, 0.1) is 39.0 Å². The summed E-state index contributed by atoms with van der Waals surface area (Å²) in [6.45, 7) is 3.87. The number of halogens is 1. The van der Waals surface area contributed by atoms with Crippen LogP contribution < -0.4 is 15.4 Å². The van der Waals surface area contributed by atoms with Crippen LogP contribution in [0.4, 0.5) is 20.6 Å². The smallest absolute Gasteiger partial charge is 0.323 e. The molecule has 0 aliphatic carbocycles. The van der Waals surface area contributed by atoms with E-state index in [9.17, 15) is 23.0 Å². The molecular weight excluding hydrogens is 589 g/mol. The molecule has 0 aliphatic heterocycles. The van der Waals surface area contributed by atoms with E-state index >= 15 is 0 Å². The van der Waals surface area contributed by atoms with E-state index in [1.165, 1.54) is 36.8 Å². The van der Waals surface area contributed by atoms with E-state index in [4.69, 9.17) is 9.47 Å². The average Bonchev–Trinajstić information content (AvgIpc) is 3.45. The van der Waals surface area contributed by atoms with Crippen LogP contribution in [0.2, 0.25) is 0 Å². The number of nitrogens with zero attached hydrogens (tertiary/aromatic N) is 2. The van der Waals surface area contributed by atoms with E-state index in [-0.39, 0.29) is 48.2 Å². The Labute approximate surface area is 254 Å². The normalized spacial score (nSPS) is 12.1. The molecule has 3 amide bonds. The zero-order valence-electron chi connectivity index (χ0n) is 24.4. The minimum atomic E-state index is -2.85. The highest BCUT2D eigenvalue weighted by atomic mass is 32.2. The van der Waals surface area contributed by atoms with Crippen LogP contribution in [0, 0.1) is 12.7 Å². The molecule has 11 nitrogen and oxygen atoms in total. The zero-order chi connectivity index (χ0) is 31.7. The number of aromatic nitrogens is 2. The number of H-pyrrole nitrogens is 1. The average molecular weight is 622 g/mol. The quantitative estimate of drug-likeness (QED) is 0.161. The molecule has 0 aliphatic rings. The molecular formula is C31H32FN5O6S. The Balaban J connectivity index is 1.38. The molecule has 230 valence electrons. The summed E-state index contributed by atoms with van der Waals surface area (Å²) < 4.78 is 42.0. The molecule has 4 rings (SSSR count). The van der Waals surface area contributed by atoms with Gasteiger partial charge in [-0.25, -0.2) is 13.4 Å². The first kappa shape index (κ1) is 31.9. The van der Waals surface area contributed by atoms with Gasteiger partial charge in [0.2, 0.25) is 0 Å². The van der Waals surface area contributed by atoms with E-state index < -0.39 is 27.5 Å². The zero-order valence-corrected chi connectivity index (χ0v) is 25.2. The van der Waals surface area contributed by atoms with Gasteiger partial charge in [-0.3, -0.25) is 14.6 Å². The number of esters is 1. The van der Waals surface area contributed by atoms with Gasteiger partial charge in [0.15, 0.2) is 0 Å². The topological polar surface area (TPSA) is 152 Å². The summed E-state index contributed by atoms with van der Waals surface area (Å²) in [5.74, 6) is -1.14. The summed E-state index contributed by atoms with van der Waals surface area (Å²) in [4.78, 5) is 43.7. The number of aryl methyl sites for hydroxylation is 1. The number of benzene rings is 2. The Morgan fingerprint density at radius 3 is 2.59 bits per heavy atom. The number of ether oxygens (including phenoxy) is 2. The molecule has 13 heteroatoms. The lowest BCUT2D eigenvalue weighted by Crippen LogP contribution is -2.20. The van der Waals surface area contributed by atoms with Crippen LogP contribution in [0.1, 0.15) is 35.7 Å². The van der Waals surface area contributed by atoms with Crippen molar-refractivity contribution < 1.29 is 32.5 Å². The molecule has 0 radical (unpaired) electrons. The molecule has 1 unspecified atom stereocenters. The highest BCUT2D eigenvalue weighted by molar-refractivity contribution is 7.93. The fourth-order valence-corrected chi connectivity index (χ4v) is 5.31. The SMILES string of the molecule is CCOC(=O)CCCS(C)(=O)=NC(=O)c1c[nH]c(-c2cc(Oc3ccc(NC(=O)Nc4cccc(C)c4)c(F)c3)ccn2)c1. The van der Waals surface area contributed by atoms with Gasteiger partial charge >= 0.3 is 12.0 Å². The molecule has 0 saturated heterocycles. The third-order valence-corrected chi connectivity index (χ3v) is 7.72. The van der Waals surface area contributed by atoms with Crippen molar-refractivity contribution in [2.24, 2.45) is 4.36 Å². The highest BCUT2D eigenvalue weighted by Crippen LogP contribution is 2.28. The molecule has 0 fully saturated rings. The van der Waals surface area contributed by atoms with Gasteiger partial charge < -0.3 is 25.1 Å². The van der Waals surface area contributed by atoms with Gasteiger partial charge in [0, 0.05) is 48.6 Å². The van der Waals surface area contributed by atoms with E-state index in [0.29, 0.717) is 22.8 Å². The number of carbonyl (C=O) groups is 3. The third-order valence-electron chi connectivity index (χ3n) is 6.12. The van der Waals surface area contributed by atoms with Gasteiger partial charge in [0.1, 0.15) is 17.3 Å². The Morgan fingerprint density at radius 2 is 1.84 bits per heavy atom. The summed E-state index contributed by atoms with van der Waals surface area (Å²) in [6, 6.07) is 15.4. The summed E-state index contributed by atoms with van der Waals surface area (Å²) in [7, 11) is -2.85. The number of rotatable bonds is 11. The second-order valence-corrected chi connectivity index (χ2v) is 12.3. The number of urea groups is 1. The van der Waals surface area contributed by atoms with Crippen LogP contribution in [0.5, 0.6) is 11.5 Å². The second kappa shape index (κ2) is 14.4. The highest BCUT2D eigenvalue weighted by Gasteiger charge is 2.15. The number of amides is 3. The van der Waals surface area contributed by atoms with Crippen molar-refractivity contribution in [2.75, 3.05) is 29.2 Å². The van der Waals surface area contributed by atoms with Crippen molar-refractivity contribution in [3.63, 3.8) is 0 Å². The van der Waals surface area contributed by atoms with Crippen LogP contribution in [0.25, 0.3) is 11.4 Å². The maximum atomic E-state index is 14.8. The van der Waals surface area contributed by atoms with E-state index in [1.54, 1.807) is 37.3 Å². The largest absolute Gasteiger partial charge is 0.466 e. The number of nitrogens with one attached hydrogen (secondary N) is 3. The third kappa shape index (κ3) is 9.23. The minimum Gasteiger partial charge on any atom is -0.466 e. The number of hydrogen-bond acceptors (Lipinski definition) is 7. The van der Waals surface area contributed by atoms with Crippen LogP contribution in [0.15, 0.2) is 77.4 Å². The number of aromatic amines is 1. The van der Waals surface area contributed by atoms with Crippen molar-refractivity contribution in [1.82, 2.24) is 9.97 Å². The Kier molecular flexibility index (Phi) is 10.5. The van der Waals surface area contributed by atoms with E-state index in [2.05, 4.69) is 25.0 Å². The molecule has 2 heterocycles. The predicted octanol–water partition coefficient (Wildman–Crippen LogP) is 6.54. The van der Waals surface area contributed by atoms with Crippen molar-refractivity contribution in [2.45, 2.75) is 26.7 Å². The number of hydrogen-bond donors (Lipinski definition) is 3. The van der Waals surface area contributed by atoms with Gasteiger partial charge in [-0.15, -0.1) is 0 Å².